The summed E-state index contributed by atoms with van der Waals surface area (Å²) in [7, 11) is 0. The van der Waals surface area contributed by atoms with Gasteiger partial charge in [0.1, 0.15) is 6.33 Å². The van der Waals surface area contributed by atoms with Gasteiger partial charge in [0.25, 0.3) is 5.88 Å². The molecule has 34 heavy (non-hydrogen) atoms. The molecule has 3 heterocycles. The Balaban J connectivity index is 1.64. The van der Waals surface area contributed by atoms with Crippen LogP contribution in [-0.4, -0.2) is 50.2 Å². The molecule has 2 atom stereocenters. The number of aryl methyl sites for hydroxylation is 1. The van der Waals surface area contributed by atoms with Crippen molar-refractivity contribution in [3.05, 3.63) is 36.0 Å². The topological polar surface area (TPSA) is 103 Å². The number of nitrogens with zero attached hydrogens (tertiary/aromatic N) is 5. The van der Waals surface area contributed by atoms with E-state index >= 15 is 0 Å². The molecule has 0 aromatic carbocycles. The Labute approximate surface area is 199 Å². The van der Waals surface area contributed by atoms with Crippen LogP contribution in [0.25, 0.3) is 16.9 Å². The first kappa shape index (κ1) is 25.9. The monoisotopic (exact) mass is 475 g/mol. The highest BCUT2D eigenvalue weighted by molar-refractivity contribution is 5.65. The fourth-order valence-electron chi connectivity index (χ4n) is 3.83. The van der Waals surface area contributed by atoms with E-state index in [0.29, 0.717) is 24.6 Å². The molecule has 10 heteroatoms. The zero-order chi connectivity index (χ0) is 24.5. The van der Waals surface area contributed by atoms with Crippen LogP contribution in [0.3, 0.4) is 0 Å². The van der Waals surface area contributed by atoms with Crippen LogP contribution in [0.2, 0.25) is 0 Å². The molecule has 0 bridgehead atoms. The summed E-state index contributed by atoms with van der Waals surface area (Å²) in [5.41, 5.74) is 10.1. The van der Waals surface area contributed by atoms with Gasteiger partial charge in [-0.15, -0.1) is 0 Å². The van der Waals surface area contributed by atoms with Gasteiger partial charge in [-0.25, -0.2) is 23.3 Å². The summed E-state index contributed by atoms with van der Waals surface area (Å²) >= 11 is 0. The number of aromatic nitrogens is 5. The van der Waals surface area contributed by atoms with Crippen molar-refractivity contribution in [1.82, 2.24) is 29.9 Å². The van der Waals surface area contributed by atoms with Crippen LogP contribution in [0.1, 0.15) is 69.7 Å². The van der Waals surface area contributed by atoms with Gasteiger partial charge in [-0.1, -0.05) is 19.8 Å². The van der Waals surface area contributed by atoms with Gasteiger partial charge < -0.3 is 15.8 Å². The summed E-state index contributed by atoms with van der Waals surface area (Å²) in [6.45, 7) is 7.48. The lowest BCUT2D eigenvalue weighted by Crippen LogP contribution is -2.20. The second-order valence-corrected chi connectivity index (χ2v) is 8.59. The van der Waals surface area contributed by atoms with Gasteiger partial charge in [0.05, 0.1) is 24.2 Å². The van der Waals surface area contributed by atoms with Crippen molar-refractivity contribution in [3.8, 4) is 17.1 Å². The van der Waals surface area contributed by atoms with Gasteiger partial charge >= 0.3 is 0 Å². The van der Waals surface area contributed by atoms with Crippen LogP contribution in [0.15, 0.2) is 24.8 Å². The molecule has 8 nitrogen and oxygen atoms in total. The van der Waals surface area contributed by atoms with E-state index in [1.807, 2.05) is 19.3 Å². The molecule has 0 aliphatic rings. The quantitative estimate of drug-likeness (QED) is 0.331. The van der Waals surface area contributed by atoms with E-state index in [9.17, 15) is 8.78 Å². The third-order valence-corrected chi connectivity index (χ3v) is 5.80. The number of fused-ring (bicyclic) bond motifs is 1. The Kier molecular flexibility index (Phi) is 9.64. The van der Waals surface area contributed by atoms with Crippen LogP contribution >= 0.6 is 0 Å². The molecule has 1 unspecified atom stereocenters. The molecule has 3 rings (SSSR count). The van der Waals surface area contributed by atoms with E-state index < -0.39 is 6.43 Å². The summed E-state index contributed by atoms with van der Waals surface area (Å²) in [5, 5.41) is 7.66. The van der Waals surface area contributed by atoms with Gasteiger partial charge in [0, 0.05) is 30.3 Å². The second kappa shape index (κ2) is 12.7. The van der Waals surface area contributed by atoms with E-state index in [1.54, 1.807) is 4.52 Å². The minimum atomic E-state index is -2.28. The summed E-state index contributed by atoms with van der Waals surface area (Å²) < 4.78 is 32.2. The average Bonchev–Trinajstić information content (AvgIpc) is 3.29. The van der Waals surface area contributed by atoms with Gasteiger partial charge in [-0.3, -0.25) is 4.98 Å². The number of hydrogen-bond acceptors (Lipinski definition) is 7. The molecule has 0 saturated heterocycles. The third-order valence-electron chi connectivity index (χ3n) is 5.80. The largest absolute Gasteiger partial charge is 0.475 e. The number of pyridine rings is 1. The standard InChI is InChI=1S/C24H35F2N7O/c1-4-28-17(3)20-12-19(16(2)13-29-20)21-14-33-23(30-15-31-33)24(32-21)34-11-7-5-6-8-18(27)9-10-22(25)26/h12-15,17-18,22,28H,4-11,27H2,1-3H3/t17-,18?/m1/s1. The Hall–Kier alpha value is -2.72. The van der Waals surface area contributed by atoms with E-state index in [0.717, 1.165) is 54.7 Å². The molecule has 0 aliphatic heterocycles. The van der Waals surface area contributed by atoms with Gasteiger partial charge in [-0.05, 0) is 51.3 Å². The number of nitrogens with one attached hydrogen (secondary N) is 1. The molecule has 3 aromatic rings. The van der Waals surface area contributed by atoms with Crippen LogP contribution < -0.4 is 15.8 Å². The predicted octanol–water partition coefficient (Wildman–Crippen LogP) is 4.48. The maximum absolute atomic E-state index is 12.3. The van der Waals surface area contributed by atoms with Crippen molar-refractivity contribution < 1.29 is 13.5 Å². The molecular weight excluding hydrogens is 440 g/mol. The smallest absolute Gasteiger partial charge is 0.260 e. The van der Waals surface area contributed by atoms with Gasteiger partial charge in [0.15, 0.2) is 0 Å². The Morgan fingerprint density at radius 1 is 1.15 bits per heavy atom. The first-order valence-electron chi connectivity index (χ1n) is 12.0. The molecular formula is C24H35F2N7O. The van der Waals surface area contributed by atoms with Crippen molar-refractivity contribution in [1.29, 1.82) is 0 Å². The van der Waals surface area contributed by atoms with Crippen molar-refractivity contribution >= 4 is 5.65 Å². The fourth-order valence-corrected chi connectivity index (χ4v) is 3.83. The summed E-state index contributed by atoms with van der Waals surface area (Å²) in [6, 6.07) is 2.00. The van der Waals surface area contributed by atoms with E-state index in [4.69, 9.17) is 15.5 Å². The first-order valence-corrected chi connectivity index (χ1v) is 12.0. The molecule has 0 fully saturated rings. The summed E-state index contributed by atoms with van der Waals surface area (Å²) in [5.74, 6) is 0.432. The van der Waals surface area contributed by atoms with Crippen molar-refractivity contribution in [2.45, 2.75) is 77.8 Å². The highest BCUT2D eigenvalue weighted by Crippen LogP contribution is 2.27. The lowest BCUT2D eigenvalue weighted by Gasteiger charge is -2.15. The lowest BCUT2D eigenvalue weighted by molar-refractivity contribution is 0.131. The number of hydrogen-bond donors (Lipinski definition) is 2. The van der Waals surface area contributed by atoms with Crippen molar-refractivity contribution in [3.63, 3.8) is 0 Å². The maximum Gasteiger partial charge on any atom is 0.260 e. The number of rotatable bonds is 14. The zero-order valence-electron chi connectivity index (χ0n) is 20.2. The van der Waals surface area contributed by atoms with E-state index in [2.05, 4.69) is 40.3 Å². The maximum atomic E-state index is 12.3. The molecule has 3 N–H and O–H groups in total. The number of nitrogens with two attached hydrogens (primary N) is 1. The molecule has 0 spiro atoms. The predicted molar refractivity (Wildman–Crippen MR) is 128 cm³/mol. The average molecular weight is 476 g/mol. The number of ether oxygens (including phenoxy) is 1. The highest BCUT2D eigenvalue weighted by atomic mass is 19.3. The van der Waals surface area contributed by atoms with Crippen molar-refractivity contribution in [2.24, 2.45) is 5.73 Å². The van der Waals surface area contributed by atoms with Crippen LogP contribution in [0, 0.1) is 6.92 Å². The molecule has 3 aromatic heterocycles. The fraction of sp³-hybridized carbons (Fsp3) is 0.583. The normalized spacial score (nSPS) is 13.5. The first-order chi connectivity index (χ1) is 16.4. The highest BCUT2D eigenvalue weighted by Gasteiger charge is 2.15. The molecule has 0 radical (unpaired) electrons. The van der Waals surface area contributed by atoms with Crippen molar-refractivity contribution in [2.75, 3.05) is 13.2 Å². The minimum absolute atomic E-state index is 0.124. The Morgan fingerprint density at radius 2 is 1.97 bits per heavy atom. The third kappa shape index (κ3) is 7.14. The molecule has 186 valence electrons. The van der Waals surface area contributed by atoms with Crippen LogP contribution in [0.4, 0.5) is 8.78 Å². The molecule has 0 aliphatic carbocycles. The lowest BCUT2D eigenvalue weighted by atomic mass is 10.0. The Morgan fingerprint density at radius 3 is 2.74 bits per heavy atom. The van der Waals surface area contributed by atoms with E-state index in [-0.39, 0.29) is 18.5 Å². The van der Waals surface area contributed by atoms with Gasteiger partial charge in [-0.2, -0.15) is 5.10 Å². The zero-order valence-corrected chi connectivity index (χ0v) is 20.2. The minimum Gasteiger partial charge on any atom is -0.475 e. The van der Waals surface area contributed by atoms with Crippen LogP contribution in [-0.2, 0) is 0 Å². The number of alkyl halides is 2. The Bertz CT molecular complexity index is 1040. The van der Waals surface area contributed by atoms with E-state index in [1.165, 1.54) is 6.33 Å². The SMILES string of the molecule is CCN[C@H](C)c1cc(-c2cn3ncnc3c(OCCCCCC(N)CCC(F)F)n2)c(C)cn1. The number of unbranched alkanes of at least 4 members (excludes halogenated alkanes) is 2. The molecule has 0 amide bonds. The number of halogens is 2. The summed E-state index contributed by atoms with van der Waals surface area (Å²) in [4.78, 5) is 13.6. The van der Waals surface area contributed by atoms with Crippen LogP contribution in [0.5, 0.6) is 5.88 Å². The second-order valence-electron chi connectivity index (χ2n) is 8.59. The van der Waals surface area contributed by atoms with Gasteiger partial charge in [0.2, 0.25) is 12.1 Å². The summed E-state index contributed by atoms with van der Waals surface area (Å²) in [6.07, 6.45) is 6.47. The molecule has 0 saturated carbocycles.